The predicted molar refractivity (Wildman–Crippen MR) is 109 cm³/mol. The molecule has 1 N–H and O–H groups in total. The van der Waals surface area contributed by atoms with Crippen molar-refractivity contribution in [2.45, 2.75) is 13.8 Å². The van der Waals surface area contributed by atoms with Crippen LogP contribution in [0.2, 0.25) is 0 Å². The summed E-state index contributed by atoms with van der Waals surface area (Å²) in [5, 5.41) is 2.68. The van der Waals surface area contributed by atoms with E-state index in [9.17, 15) is 4.79 Å². The number of hydrogen-bond acceptors (Lipinski definition) is 5. The number of rotatable bonds is 8. The highest BCUT2D eigenvalue weighted by Gasteiger charge is 2.23. The molecule has 26 heavy (non-hydrogen) atoms. The number of carbonyl (C=O) groups is 1. The third-order valence-electron chi connectivity index (χ3n) is 4.48. The average Bonchev–Trinajstić information content (AvgIpc) is 3.33. The number of methoxy groups -OCH3 is 1. The molecule has 0 radical (unpaired) electrons. The van der Waals surface area contributed by atoms with Crippen molar-refractivity contribution in [2.75, 3.05) is 38.2 Å². The van der Waals surface area contributed by atoms with Crippen LogP contribution in [0.3, 0.4) is 0 Å². The number of amides is 1. The molecule has 0 atom stereocenters. The Morgan fingerprint density at radius 2 is 2.08 bits per heavy atom. The molecule has 0 aliphatic carbocycles. The number of nitrogens with one attached hydrogen (secondary N) is 1. The molecule has 7 heteroatoms. The number of hydrogen-bond donors (Lipinski definition) is 1. The normalized spacial score (nSPS) is 11.2. The van der Waals surface area contributed by atoms with E-state index in [-0.39, 0.29) is 5.91 Å². The molecular weight excluding hydrogens is 366 g/mol. The average molecular weight is 391 g/mol. The highest BCUT2D eigenvalue weighted by Crippen LogP contribution is 2.32. The van der Waals surface area contributed by atoms with Gasteiger partial charge in [0.15, 0.2) is 5.13 Å². The number of anilines is 1. The number of quaternary nitrogens is 1. The SMILES string of the molecule is CC[NH+](CC)CCN(C(=O)c1cccs1)c1nc2cc(OC)ccc2s1. The van der Waals surface area contributed by atoms with Crippen LogP contribution in [0.15, 0.2) is 35.7 Å². The zero-order chi connectivity index (χ0) is 18.5. The Morgan fingerprint density at radius 3 is 2.73 bits per heavy atom. The van der Waals surface area contributed by atoms with Crippen molar-refractivity contribution in [1.82, 2.24) is 4.98 Å². The van der Waals surface area contributed by atoms with E-state index in [1.54, 1.807) is 18.4 Å². The fourth-order valence-corrected chi connectivity index (χ4v) is 4.47. The fourth-order valence-electron chi connectivity index (χ4n) is 2.83. The molecule has 0 bridgehead atoms. The maximum Gasteiger partial charge on any atom is 0.270 e. The number of thiazole rings is 1. The van der Waals surface area contributed by atoms with E-state index in [1.807, 2.05) is 40.6 Å². The molecule has 0 saturated carbocycles. The molecule has 0 unspecified atom stereocenters. The van der Waals surface area contributed by atoms with Gasteiger partial charge in [-0.05, 0) is 37.4 Å². The predicted octanol–water partition coefficient (Wildman–Crippen LogP) is 2.94. The highest BCUT2D eigenvalue weighted by atomic mass is 32.1. The summed E-state index contributed by atoms with van der Waals surface area (Å²) in [4.78, 5) is 21.8. The van der Waals surface area contributed by atoms with E-state index >= 15 is 0 Å². The standard InChI is InChI=1S/C19H23N3O2S2/c1-4-21(5-2)10-11-22(18(23)17-7-6-12-25-17)19-20-15-13-14(24-3)8-9-16(15)26-19/h6-9,12-13H,4-5,10-11H2,1-3H3/p+1. The summed E-state index contributed by atoms with van der Waals surface area (Å²) < 4.78 is 6.34. The molecule has 138 valence electrons. The quantitative estimate of drug-likeness (QED) is 0.643. The lowest BCUT2D eigenvalue weighted by atomic mass is 10.3. The Hall–Kier alpha value is -1.96. The Balaban J connectivity index is 1.92. The maximum atomic E-state index is 13.1. The minimum Gasteiger partial charge on any atom is -0.497 e. The first-order chi connectivity index (χ1) is 12.7. The van der Waals surface area contributed by atoms with Crippen LogP contribution in [0.25, 0.3) is 10.2 Å². The van der Waals surface area contributed by atoms with Gasteiger partial charge in [-0.3, -0.25) is 9.69 Å². The van der Waals surface area contributed by atoms with Crippen LogP contribution in [0.1, 0.15) is 23.5 Å². The first kappa shape index (κ1) is 18.8. The Labute approximate surface area is 161 Å². The molecule has 1 amide bonds. The number of likely N-dealkylation sites (N-methyl/N-ethyl adjacent to an activating group) is 1. The van der Waals surface area contributed by atoms with Gasteiger partial charge in [0.05, 0.1) is 48.4 Å². The molecule has 0 saturated heterocycles. The van der Waals surface area contributed by atoms with Gasteiger partial charge >= 0.3 is 0 Å². The number of aromatic nitrogens is 1. The molecule has 1 aromatic carbocycles. The third kappa shape index (κ3) is 4.06. The maximum absolute atomic E-state index is 13.1. The summed E-state index contributed by atoms with van der Waals surface area (Å²) >= 11 is 3.02. The van der Waals surface area contributed by atoms with Crippen molar-refractivity contribution in [1.29, 1.82) is 0 Å². The monoisotopic (exact) mass is 390 g/mol. The van der Waals surface area contributed by atoms with Crippen LogP contribution in [-0.2, 0) is 0 Å². The van der Waals surface area contributed by atoms with Crippen LogP contribution in [0, 0.1) is 0 Å². The van der Waals surface area contributed by atoms with Crippen LogP contribution >= 0.6 is 22.7 Å². The zero-order valence-corrected chi connectivity index (χ0v) is 17.0. The molecule has 0 aliphatic heterocycles. The summed E-state index contributed by atoms with van der Waals surface area (Å²) in [6, 6.07) is 9.63. The Bertz CT molecular complexity index is 857. The summed E-state index contributed by atoms with van der Waals surface area (Å²) in [5.41, 5.74) is 0.864. The van der Waals surface area contributed by atoms with Crippen LogP contribution in [0.4, 0.5) is 5.13 Å². The van der Waals surface area contributed by atoms with Crippen molar-refractivity contribution in [3.05, 3.63) is 40.6 Å². The number of ether oxygens (including phenoxy) is 1. The summed E-state index contributed by atoms with van der Waals surface area (Å²) in [6.07, 6.45) is 0. The molecule has 0 aliphatic rings. The van der Waals surface area contributed by atoms with Crippen molar-refractivity contribution in [3.63, 3.8) is 0 Å². The second kappa shape index (κ2) is 8.62. The zero-order valence-electron chi connectivity index (χ0n) is 15.3. The highest BCUT2D eigenvalue weighted by molar-refractivity contribution is 7.22. The van der Waals surface area contributed by atoms with Gasteiger partial charge in [0.1, 0.15) is 5.75 Å². The van der Waals surface area contributed by atoms with Crippen LogP contribution < -0.4 is 14.5 Å². The largest absolute Gasteiger partial charge is 0.497 e. The topological polar surface area (TPSA) is 46.9 Å². The van der Waals surface area contributed by atoms with Gasteiger partial charge < -0.3 is 9.64 Å². The van der Waals surface area contributed by atoms with Gasteiger partial charge in [0, 0.05) is 6.07 Å². The van der Waals surface area contributed by atoms with E-state index in [4.69, 9.17) is 9.72 Å². The lowest BCUT2D eigenvalue weighted by Crippen LogP contribution is -3.12. The number of fused-ring (bicyclic) bond motifs is 1. The number of carbonyl (C=O) groups excluding carboxylic acids is 1. The van der Waals surface area contributed by atoms with Gasteiger partial charge in [-0.1, -0.05) is 17.4 Å². The Kier molecular flexibility index (Phi) is 6.24. The van der Waals surface area contributed by atoms with Crippen molar-refractivity contribution >= 4 is 43.9 Å². The van der Waals surface area contributed by atoms with Gasteiger partial charge in [-0.2, -0.15) is 0 Å². The van der Waals surface area contributed by atoms with Crippen LogP contribution in [-0.4, -0.2) is 44.2 Å². The second-order valence-corrected chi connectivity index (χ2v) is 7.93. The fraction of sp³-hybridized carbons (Fsp3) is 0.368. The van der Waals surface area contributed by atoms with Gasteiger partial charge in [-0.15, -0.1) is 11.3 Å². The van der Waals surface area contributed by atoms with Gasteiger partial charge in [-0.25, -0.2) is 4.98 Å². The lowest BCUT2D eigenvalue weighted by Gasteiger charge is -2.22. The molecule has 2 heterocycles. The van der Waals surface area contributed by atoms with E-state index < -0.39 is 0 Å². The first-order valence-electron chi connectivity index (χ1n) is 8.79. The summed E-state index contributed by atoms with van der Waals surface area (Å²) in [7, 11) is 1.65. The minimum absolute atomic E-state index is 0.0255. The van der Waals surface area contributed by atoms with E-state index in [0.29, 0.717) is 6.54 Å². The third-order valence-corrected chi connectivity index (χ3v) is 6.40. The van der Waals surface area contributed by atoms with Gasteiger partial charge in [0.2, 0.25) is 0 Å². The second-order valence-electron chi connectivity index (χ2n) is 5.97. The molecule has 0 fully saturated rings. The Morgan fingerprint density at radius 1 is 1.27 bits per heavy atom. The van der Waals surface area contributed by atoms with Crippen molar-refractivity contribution in [2.24, 2.45) is 0 Å². The lowest BCUT2D eigenvalue weighted by molar-refractivity contribution is -0.894. The number of thiophene rings is 1. The molecular formula is C19H24N3O2S2+. The van der Waals surface area contributed by atoms with Gasteiger partial charge in [0.25, 0.3) is 5.91 Å². The van der Waals surface area contributed by atoms with E-state index in [0.717, 1.165) is 45.6 Å². The molecule has 0 spiro atoms. The minimum atomic E-state index is 0.0255. The first-order valence-corrected chi connectivity index (χ1v) is 10.5. The van der Waals surface area contributed by atoms with Crippen molar-refractivity contribution < 1.29 is 14.4 Å². The van der Waals surface area contributed by atoms with Crippen molar-refractivity contribution in [3.8, 4) is 5.75 Å². The van der Waals surface area contributed by atoms with E-state index in [2.05, 4.69) is 13.8 Å². The summed E-state index contributed by atoms with van der Waals surface area (Å²) in [5.74, 6) is 0.802. The number of benzene rings is 1. The van der Waals surface area contributed by atoms with E-state index in [1.165, 1.54) is 16.2 Å². The number of nitrogens with zero attached hydrogens (tertiary/aromatic N) is 2. The molecule has 2 aromatic heterocycles. The van der Waals surface area contributed by atoms with Crippen LogP contribution in [0.5, 0.6) is 5.75 Å². The summed E-state index contributed by atoms with van der Waals surface area (Å²) in [6.45, 7) is 8.01. The molecule has 3 rings (SSSR count). The smallest absolute Gasteiger partial charge is 0.270 e. The molecule has 3 aromatic rings. The molecule has 5 nitrogen and oxygen atoms in total.